The van der Waals surface area contributed by atoms with Crippen LogP contribution in [0.2, 0.25) is 0 Å². The van der Waals surface area contributed by atoms with Crippen LogP contribution in [0.15, 0.2) is 0 Å². The molecule has 0 radical (unpaired) electrons. The van der Waals surface area contributed by atoms with Gasteiger partial charge in [0.15, 0.2) is 0 Å². The zero-order chi connectivity index (χ0) is 13.1. The smallest absolute Gasteiger partial charge is 0.223 e. The molecule has 0 aromatic heterocycles. The van der Waals surface area contributed by atoms with Crippen LogP contribution in [0.5, 0.6) is 0 Å². The Hall–Kier alpha value is -0.650. The number of nitrogens with zero attached hydrogens (tertiary/aromatic N) is 1. The van der Waals surface area contributed by atoms with Crippen LogP contribution in [0.3, 0.4) is 0 Å². The van der Waals surface area contributed by atoms with Gasteiger partial charge in [-0.1, -0.05) is 0 Å². The van der Waals surface area contributed by atoms with E-state index in [0.29, 0.717) is 12.6 Å². The summed E-state index contributed by atoms with van der Waals surface area (Å²) in [4.78, 5) is 14.8. The van der Waals surface area contributed by atoms with E-state index in [-0.39, 0.29) is 17.9 Å². The van der Waals surface area contributed by atoms with Crippen molar-refractivity contribution in [2.24, 2.45) is 5.92 Å². The van der Waals surface area contributed by atoms with Gasteiger partial charge < -0.3 is 15.4 Å². The van der Waals surface area contributed by atoms with Crippen LogP contribution in [-0.2, 0) is 9.53 Å². The number of carbonyl (C=O) groups excluding carboxylic acids is 1. The second kappa shape index (κ2) is 6.20. The second-order valence-corrected chi connectivity index (χ2v) is 5.99. The molecule has 3 fully saturated rings. The van der Waals surface area contributed by atoms with E-state index in [1.807, 2.05) is 0 Å². The summed E-state index contributed by atoms with van der Waals surface area (Å²) >= 11 is 0. The highest BCUT2D eigenvalue weighted by Gasteiger charge is 2.36. The molecule has 0 bridgehead atoms. The molecule has 0 spiro atoms. The minimum Gasteiger partial charge on any atom is -0.378 e. The summed E-state index contributed by atoms with van der Waals surface area (Å²) in [6, 6.07) is 0.591. The van der Waals surface area contributed by atoms with Crippen molar-refractivity contribution in [1.29, 1.82) is 0 Å². The first-order valence-corrected chi connectivity index (χ1v) is 7.67. The van der Waals surface area contributed by atoms with Gasteiger partial charge in [-0.2, -0.15) is 0 Å². The molecule has 0 aromatic rings. The minimum absolute atomic E-state index is 0.195. The molecule has 3 saturated heterocycles. The Morgan fingerprint density at radius 2 is 1.89 bits per heavy atom. The first-order chi connectivity index (χ1) is 9.34. The molecule has 19 heavy (non-hydrogen) atoms. The molecule has 108 valence electrons. The van der Waals surface area contributed by atoms with Gasteiger partial charge in [-0.3, -0.25) is 9.69 Å². The number of piperidine rings is 1. The number of likely N-dealkylation sites (tertiary alicyclic amines) is 1. The van der Waals surface area contributed by atoms with E-state index in [9.17, 15) is 4.79 Å². The monoisotopic (exact) mass is 267 g/mol. The maximum absolute atomic E-state index is 12.3. The molecule has 5 nitrogen and oxygen atoms in total. The lowest BCUT2D eigenvalue weighted by molar-refractivity contribution is -0.126. The van der Waals surface area contributed by atoms with Gasteiger partial charge in [0.05, 0.1) is 25.3 Å². The molecule has 0 unspecified atom stereocenters. The van der Waals surface area contributed by atoms with Crippen LogP contribution in [0.25, 0.3) is 0 Å². The molecule has 5 heteroatoms. The number of amides is 1. The van der Waals surface area contributed by atoms with Gasteiger partial charge in [0.25, 0.3) is 0 Å². The normalized spacial score (nSPS) is 33.7. The van der Waals surface area contributed by atoms with Crippen molar-refractivity contribution in [2.75, 3.05) is 39.4 Å². The van der Waals surface area contributed by atoms with Crippen LogP contribution in [0.4, 0.5) is 0 Å². The Kier molecular flexibility index (Phi) is 4.35. The molecule has 0 aromatic carbocycles. The van der Waals surface area contributed by atoms with Crippen LogP contribution in [0, 0.1) is 5.92 Å². The molecule has 3 aliphatic rings. The molecule has 3 heterocycles. The van der Waals surface area contributed by atoms with E-state index >= 15 is 0 Å². The fourth-order valence-electron chi connectivity index (χ4n) is 3.50. The maximum Gasteiger partial charge on any atom is 0.223 e. The predicted molar refractivity (Wildman–Crippen MR) is 72.9 cm³/mol. The van der Waals surface area contributed by atoms with Crippen molar-refractivity contribution in [3.8, 4) is 0 Å². The van der Waals surface area contributed by atoms with Crippen LogP contribution in [-0.4, -0.2) is 62.3 Å². The van der Waals surface area contributed by atoms with E-state index in [2.05, 4.69) is 15.5 Å². The van der Waals surface area contributed by atoms with Crippen molar-refractivity contribution in [1.82, 2.24) is 15.5 Å². The van der Waals surface area contributed by atoms with Gasteiger partial charge in [0, 0.05) is 5.92 Å². The predicted octanol–water partition coefficient (Wildman–Crippen LogP) is -0.0346. The molecule has 0 aliphatic carbocycles. The third-order valence-corrected chi connectivity index (χ3v) is 4.70. The quantitative estimate of drug-likeness (QED) is 0.754. The highest BCUT2D eigenvalue weighted by molar-refractivity contribution is 5.79. The Morgan fingerprint density at radius 1 is 1.16 bits per heavy atom. The summed E-state index contributed by atoms with van der Waals surface area (Å²) in [6.07, 6.45) is 4.50. The lowest BCUT2D eigenvalue weighted by Crippen LogP contribution is -2.52. The maximum atomic E-state index is 12.3. The second-order valence-electron chi connectivity index (χ2n) is 5.99. The Balaban J connectivity index is 1.53. The van der Waals surface area contributed by atoms with E-state index in [4.69, 9.17) is 4.74 Å². The van der Waals surface area contributed by atoms with Gasteiger partial charge in [-0.15, -0.1) is 0 Å². The Morgan fingerprint density at radius 3 is 2.63 bits per heavy atom. The van der Waals surface area contributed by atoms with Crippen molar-refractivity contribution in [2.45, 2.75) is 37.8 Å². The van der Waals surface area contributed by atoms with E-state index < -0.39 is 0 Å². The lowest BCUT2D eigenvalue weighted by atomic mass is 9.96. The van der Waals surface area contributed by atoms with E-state index in [1.165, 1.54) is 12.8 Å². The summed E-state index contributed by atoms with van der Waals surface area (Å²) < 4.78 is 5.60. The first-order valence-electron chi connectivity index (χ1n) is 7.67. The summed E-state index contributed by atoms with van der Waals surface area (Å²) in [7, 11) is 0. The average molecular weight is 267 g/mol. The number of carbonyl (C=O) groups is 1. The first kappa shape index (κ1) is 13.3. The summed E-state index contributed by atoms with van der Waals surface area (Å²) in [5.74, 6) is 0.433. The lowest BCUT2D eigenvalue weighted by Gasteiger charge is -2.30. The van der Waals surface area contributed by atoms with Crippen molar-refractivity contribution < 1.29 is 9.53 Å². The standard InChI is InChI=1S/C14H25N3O2/c18-14(11-3-5-15-6-4-11)16-12-9-19-10-13(12)17-7-1-2-8-17/h11-13,15H,1-10H2,(H,16,18)/t12-,13-/m0/s1. The van der Waals surface area contributed by atoms with Crippen molar-refractivity contribution in [3.63, 3.8) is 0 Å². The minimum atomic E-state index is 0.195. The zero-order valence-corrected chi connectivity index (χ0v) is 11.6. The molecule has 3 aliphatic heterocycles. The van der Waals surface area contributed by atoms with Crippen molar-refractivity contribution >= 4 is 5.91 Å². The zero-order valence-electron chi connectivity index (χ0n) is 11.6. The summed E-state index contributed by atoms with van der Waals surface area (Å²) in [5, 5.41) is 6.55. The van der Waals surface area contributed by atoms with Gasteiger partial charge in [-0.25, -0.2) is 0 Å². The van der Waals surface area contributed by atoms with Gasteiger partial charge in [-0.05, 0) is 51.9 Å². The van der Waals surface area contributed by atoms with E-state index in [0.717, 1.165) is 45.6 Å². The van der Waals surface area contributed by atoms with Crippen LogP contribution >= 0.6 is 0 Å². The molecule has 2 N–H and O–H groups in total. The number of ether oxygens (including phenoxy) is 1. The number of rotatable bonds is 3. The molecule has 1 amide bonds. The molecular weight excluding hydrogens is 242 g/mol. The van der Waals surface area contributed by atoms with Crippen molar-refractivity contribution in [3.05, 3.63) is 0 Å². The average Bonchev–Trinajstić information content (AvgIpc) is 3.10. The van der Waals surface area contributed by atoms with Gasteiger partial charge in [0.1, 0.15) is 0 Å². The summed E-state index contributed by atoms with van der Waals surface area (Å²) in [6.45, 7) is 5.71. The topological polar surface area (TPSA) is 53.6 Å². The molecular formula is C14H25N3O2. The fraction of sp³-hybridized carbons (Fsp3) is 0.929. The largest absolute Gasteiger partial charge is 0.378 e. The number of hydrogen-bond acceptors (Lipinski definition) is 4. The van der Waals surface area contributed by atoms with Crippen LogP contribution < -0.4 is 10.6 Å². The molecule has 3 rings (SSSR count). The highest BCUT2D eigenvalue weighted by Crippen LogP contribution is 2.20. The molecule has 2 atom stereocenters. The number of hydrogen-bond donors (Lipinski definition) is 2. The number of nitrogens with one attached hydrogen (secondary N) is 2. The Labute approximate surface area is 115 Å². The molecule has 0 saturated carbocycles. The highest BCUT2D eigenvalue weighted by atomic mass is 16.5. The fourth-order valence-corrected chi connectivity index (χ4v) is 3.50. The van der Waals surface area contributed by atoms with Gasteiger partial charge >= 0.3 is 0 Å². The van der Waals surface area contributed by atoms with E-state index in [1.54, 1.807) is 0 Å². The SMILES string of the molecule is O=C(N[C@H]1COC[C@@H]1N1CCCC1)C1CCNCC1. The third-order valence-electron chi connectivity index (χ3n) is 4.70. The van der Waals surface area contributed by atoms with Gasteiger partial charge in [0.2, 0.25) is 5.91 Å². The summed E-state index contributed by atoms with van der Waals surface area (Å²) in [5.41, 5.74) is 0. The Bertz CT molecular complexity index is 312. The third kappa shape index (κ3) is 3.09. The van der Waals surface area contributed by atoms with Crippen LogP contribution in [0.1, 0.15) is 25.7 Å².